The van der Waals surface area contributed by atoms with Crippen molar-refractivity contribution in [2.24, 2.45) is 28.5 Å². The van der Waals surface area contributed by atoms with Gasteiger partial charge in [0.25, 0.3) is 5.96 Å². The highest BCUT2D eigenvalue weighted by atomic mass is 16.7. The highest BCUT2D eigenvalue weighted by molar-refractivity contribution is 6.43. The summed E-state index contributed by atoms with van der Waals surface area (Å²) in [7, 11) is -0.0887. The Hall–Kier alpha value is -2.25. The Morgan fingerprint density at radius 1 is 1.33 bits per heavy atom. The molecule has 13 heteroatoms. The van der Waals surface area contributed by atoms with E-state index in [4.69, 9.17) is 10.5 Å². The molecule has 0 spiro atoms. The number of aliphatic imine (C=N–C) groups is 1. The fourth-order valence-electron chi connectivity index (χ4n) is 4.12. The van der Waals surface area contributed by atoms with Crippen LogP contribution in [-0.2, 0) is 14.3 Å². The fourth-order valence-corrected chi connectivity index (χ4v) is 4.12. The van der Waals surface area contributed by atoms with E-state index in [0.29, 0.717) is 25.7 Å². The molecule has 1 aliphatic rings. The zero-order valence-corrected chi connectivity index (χ0v) is 19.7. The van der Waals surface area contributed by atoms with Gasteiger partial charge < -0.3 is 25.8 Å². The number of methoxy groups -OCH3 is 1. The first-order valence-electron chi connectivity index (χ1n) is 11.5. The number of nitrogens with one attached hydrogen (secondary N) is 2. The van der Waals surface area contributed by atoms with Gasteiger partial charge in [0.1, 0.15) is 5.78 Å². The number of Topliss-reactive ketones (excluding diaryl/α,β-unsaturated/α-hetero) is 1. The van der Waals surface area contributed by atoms with Crippen LogP contribution in [0.25, 0.3) is 0 Å². The molecule has 2 unspecified atom stereocenters. The summed E-state index contributed by atoms with van der Waals surface area (Å²) in [6.45, 7) is 3.94. The lowest BCUT2D eigenvalue weighted by molar-refractivity contribution is -0.525. The van der Waals surface area contributed by atoms with Crippen molar-refractivity contribution < 1.29 is 29.4 Å². The lowest BCUT2D eigenvalue weighted by Crippen LogP contribution is -2.49. The number of nitro groups is 1. The predicted octanol–water partition coefficient (Wildman–Crippen LogP) is 0.186. The SMILES string of the molecule is COC1CCCC(C(=O)C[C@@H](CCCN=C(N)N[N+](=O)[O-])C(=O)N[C@@H](CC(C)C)B(O)O)C1. The van der Waals surface area contributed by atoms with E-state index < -0.39 is 29.9 Å². The van der Waals surface area contributed by atoms with Crippen LogP contribution in [0.1, 0.15) is 65.2 Å². The third-order valence-electron chi connectivity index (χ3n) is 5.84. The summed E-state index contributed by atoms with van der Waals surface area (Å²) in [5.41, 5.74) is 7.14. The smallest absolute Gasteiger partial charge is 0.426 e. The van der Waals surface area contributed by atoms with Gasteiger partial charge in [-0.05, 0) is 44.4 Å². The number of carbonyl (C=O) groups is 2. The summed E-state index contributed by atoms with van der Waals surface area (Å²) in [5.74, 6) is -2.37. The Morgan fingerprint density at radius 3 is 2.61 bits per heavy atom. The average Bonchev–Trinajstić information content (AvgIpc) is 2.74. The molecule has 12 nitrogen and oxygen atoms in total. The van der Waals surface area contributed by atoms with Crippen molar-refractivity contribution in [1.29, 1.82) is 0 Å². The van der Waals surface area contributed by atoms with Crippen LogP contribution in [-0.4, -0.2) is 65.5 Å². The van der Waals surface area contributed by atoms with Crippen LogP contribution in [0.3, 0.4) is 0 Å². The van der Waals surface area contributed by atoms with Gasteiger partial charge in [-0.25, -0.2) is 15.1 Å². The van der Waals surface area contributed by atoms with E-state index in [0.717, 1.165) is 19.3 Å². The molecule has 0 aromatic heterocycles. The van der Waals surface area contributed by atoms with E-state index >= 15 is 0 Å². The number of nitrogens with zero attached hydrogens (tertiary/aromatic N) is 2. The highest BCUT2D eigenvalue weighted by Gasteiger charge is 2.33. The molecule has 1 saturated carbocycles. The second-order valence-corrected chi connectivity index (χ2v) is 9.02. The van der Waals surface area contributed by atoms with Crippen molar-refractivity contribution >= 4 is 24.8 Å². The van der Waals surface area contributed by atoms with E-state index in [-0.39, 0.29) is 42.6 Å². The summed E-state index contributed by atoms with van der Waals surface area (Å²) < 4.78 is 5.40. The first-order chi connectivity index (χ1) is 15.5. The monoisotopic (exact) mass is 471 g/mol. The average molecular weight is 471 g/mol. The molecule has 1 rings (SSSR count). The predicted molar refractivity (Wildman–Crippen MR) is 123 cm³/mol. The zero-order chi connectivity index (χ0) is 25.0. The van der Waals surface area contributed by atoms with E-state index in [1.807, 2.05) is 13.8 Å². The highest BCUT2D eigenvalue weighted by Crippen LogP contribution is 2.29. The number of carbonyl (C=O) groups excluding carboxylic acids is 2. The number of ketones is 1. The number of hydrogen-bond donors (Lipinski definition) is 5. The second kappa shape index (κ2) is 14.8. The second-order valence-electron chi connectivity index (χ2n) is 9.02. The Bertz CT molecular complexity index is 677. The molecular formula is C20H38BN5O7. The molecule has 0 aliphatic heterocycles. The minimum atomic E-state index is -1.72. The zero-order valence-electron chi connectivity index (χ0n) is 19.7. The number of rotatable bonds is 14. The van der Waals surface area contributed by atoms with Gasteiger partial charge in [0.05, 0.1) is 12.0 Å². The topological polar surface area (TPSA) is 189 Å². The van der Waals surface area contributed by atoms with Gasteiger partial charge in [0.15, 0.2) is 5.03 Å². The number of nitrogens with two attached hydrogens (primary N) is 1. The van der Waals surface area contributed by atoms with Crippen LogP contribution in [0, 0.1) is 27.9 Å². The van der Waals surface area contributed by atoms with Gasteiger partial charge in [-0.3, -0.25) is 9.59 Å². The number of hydrazine groups is 1. The van der Waals surface area contributed by atoms with E-state index in [1.165, 1.54) is 0 Å². The van der Waals surface area contributed by atoms with Crippen molar-refractivity contribution in [3.05, 3.63) is 10.1 Å². The summed E-state index contributed by atoms with van der Waals surface area (Å²) in [6, 6.07) is 0. The largest absolute Gasteiger partial charge is 0.475 e. The van der Waals surface area contributed by atoms with Crippen LogP contribution < -0.4 is 16.5 Å². The standard InChI is InChI=1S/C20H38BN5O7/c1-13(2)10-18(21(29)30)24-19(28)15(7-5-9-23-20(22)25-26(31)32)12-17(27)14-6-4-8-16(11-14)33-3/h13-16,18,29-30H,4-12H2,1-3H3,(H,24,28)(H3,22,23,25)/t14?,15-,16?,18+/m1/s1. The molecule has 0 bridgehead atoms. The Kier molecular flexibility index (Phi) is 12.9. The van der Waals surface area contributed by atoms with Gasteiger partial charge in [-0.1, -0.05) is 25.7 Å². The van der Waals surface area contributed by atoms with Crippen molar-refractivity contribution in [2.75, 3.05) is 13.7 Å². The molecule has 4 atom stereocenters. The maximum Gasteiger partial charge on any atom is 0.475 e. The van der Waals surface area contributed by atoms with Gasteiger partial charge in [-0.2, -0.15) is 0 Å². The van der Waals surface area contributed by atoms with Crippen molar-refractivity contribution in [3.63, 3.8) is 0 Å². The molecule has 1 amide bonds. The summed E-state index contributed by atoms with van der Waals surface area (Å²) in [4.78, 5) is 40.2. The molecule has 0 radical (unpaired) electrons. The Balaban J connectivity index is 2.82. The molecular weight excluding hydrogens is 433 g/mol. The van der Waals surface area contributed by atoms with Crippen LogP contribution in [0.5, 0.6) is 0 Å². The molecule has 33 heavy (non-hydrogen) atoms. The third kappa shape index (κ3) is 11.4. The van der Waals surface area contributed by atoms with E-state index in [1.54, 1.807) is 12.5 Å². The first-order valence-corrected chi connectivity index (χ1v) is 11.5. The van der Waals surface area contributed by atoms with Gasteiger partial charge in [0.2, 0.25) is 5.91 Å². The van der Waals surface area contributed by atoms with Gasteiger partial charge in [0, 0.05) is 31.9 Å². The fraction of sp³-hybridized carbons (Fsp3) is 0.850. The summed E-state index contributed by atoms with van der Waals surface area (Å²) >= 11 is 0. The Morgan fingerprint density at radius 2 is 2.03 bits per heavy atom. The van der Waals surface area contributed by atoms with Gasteiger partial charge >= 0.3 is 7.12 Å². The lowest BCUT2D eigenvalue weighted by atomic mass is 9.74. The van der Waals surface area contributed by atoms with Gasteiger partial charge in [-0.15, -0.1) is 0 Å². The molecule has 1 aliphatic carbocycles. The molecule has 0 heterocycles. The maximum atomic E-state index is 13.0. The third-order valence-corrected chi connectivity index (χ3v) is 5.84. The molecule has 0 saturated heterocycles. The number of ether oxygens (including phenoxy) is 1. The minimum absolute atomic E-state index is 0.0140. The molecule has 0 aromatic carbocycles. The lowest BCUT2D eigenvalue weighted by Gasteiger charge is -2.28. The normalized spacial score (nSPS) is 20.7. The quantitative estimate of drug-likeness (QED) is 0.0588. The first kappa shape index (κ1) is 28.8. The Labute approximate surface area is 195 Å². The van der Waals surface area contributed by atoms with Crippen LogP contribution in [0.2, 0.25) is 0 Å². The van der Waals surface area contributed by atoms with E-state index in [2.05, 4.69) is 10.3 Å². The number of guanidine groups is 1. The maximum absolute atomic E-state index is 13.0. The van der Waals surface area contributed by atoms with Crippen molar-refractivity contribution in [3.8, 4) is 0 Å². The van der Waals surface area contributed by atoms with Crippen LogP contribution >= 0.6 is 0 Å². The number of hydrogen-bond acceptors (Lipinski definition) is 8. The molecule has 0 aromatic rings. The molecule has 6 N–H and O–H groups in total. The van der Waals surface area contributed by atoms with Crippen molar-refractivity contribution in [2.45, 2.75) is 77.3 Å². The summed E-state index contributed by atoms with van der Waals surface area (Å²) in [5, 5.41) is 31.5. The summed E-state index contributed by atoms with van der Waals surface area (Å²) in [6.07, 6.45) is 4.27. The molecule has 188 valence electrons. The minimum Gasteiger partial charge on any atom is -0.426 e. The van der Waals surface area contributed by atoms with Crippen LogP contribution in [0.4, 0.5) is 0 Å². The molecule has 1 fully saturated rings. The number of amides is 1. The van der Waals surface area contributed by atoms with Crippen LogP contribution in [0.15, 0.2) is 4.99 Å². The van der Waals surface area contributed by atoms with Crippen molar-refractivity contribution in [1.82, 2.24) is 10.7 Å². The van der Waals surface area contributed by atoms with E-state index in [9.17, 15) is 29.8 Å².